The number of halogens is 1. The minimum atomic E-state index is -0.730. The van der Waals surface area contributed by atoms with Crippen LogP contribution >= 0.6 is 22.6 Å². The highest BCUT2D eigenvalue weighted by Gasteiger charge is 2.37. The minimum absolute atomic E-state index is 0.249. The molecule has 0 fully saturated rings. The van der Waals surface area contributed by atoms with Gasteiger partial charge in [0, 0.05) is 6.54 Å². The standard InChI is InChI=1S/C17H21IN2O5/c1-5-24-15(22)13(18)20-9-10-7-6-8-11(12(10)14(20)21)19-16(23)25-17(2,3)4/h6-8,13H,5,9H2,1-4H3,(H,19,23). The van der Waals surface area contributed by atoms with E-state index in [4.69, 9.17) is 9.47 Å². The molecule has 25 heavy (non-hydrogen) atoms. The molecule has 8 heteroatoms. The maximum atomic E-state index is 12.8. The van der Waals surface area contributed by atoms with Crippen LogP contribution in [0.25, 0.3) is 0 Å². The molecule has 136 valence electrons. The van der Waals surface area contributed by atoms with Crippen molar-refractivity contribution in [3.63, 3.8) is 0 Å². The molecule has 1 heterocycles. The second-order valence-corrected chi connectivity index (χ2v) is 7.67. The summed E-state index contributed by atoms with van der Waals surface area (Å²) in [5.74, 6) is -0.792. The Morgan fingerprint density at radius 1 is 1.36 bits per heavy atom. The molecule has 1 atom stereocenters. The molecule has 0 aromatic heterocycles. The van der Waals surface area contributed by atoms with E-state index in [0.29, 0.717) is 11.3 Å². The number of nitrogens with one attached hydrogen (secondary N) is 1. The first-order valence-corrected chi connectivity index (χ1v) is 9.12. The number of benzene rings is 1. The Balaban J connectivity index is 2.21. The first-order chi connectivity index (χ1) is 11.6. The summed E-state index contributed by atoms with van der Waals surface area (Å²) in [7, 11) is 0. The van der Waals surface area contributed by atoms with E-state index in [1.54, 1.807) is 45.9 Å². The lowest BCUT2D eigenvalue weighted by molar-refractivity contribution is -0.144. The predicted octanol–water partition coefficient (Wildman–Crippen LogP) is 3.31. The van der Waals surface area contributed by atoms with E-state index in [9.17, 15) is 14.4 Å². The third-order valence-electron chi connectivity index (χ3n) is 3.36. The molecular formula is C17H21IN2O5. The lowest BCUT2D eigenvalue weighted by Gasteiger charge is -2.21. The van der Waals surface area contributed by atoms with Crippen molar-refractivity contribution >= 4 is 46.2 Å². The fourth-order valence-corrected chi connectivity index (χ4v) is 3.05. The van der Waals surface area contributed by atoms with Gasteiger partial charge in [-0.05, 0) is 61.9 Å². The zero-order valence-electron chi connectivity index (χ0n) is 14.6. The number of nitrogens with zero attached hydrogens (tertiary/aromatic N) is 1. The van der Waals surface area contributed by atoms with E-state index in [-0.39, 0.29) is 19.1 Å². The largest absolute Gasteiger partial charge is 0.464 e. The fraction of sp³-hybridized carbons (Fsp3) is 0.471. The molecule has 0 saturated carbocycles. The molecule has 2 amide bonds. The molecule has 1 N–H and O–H groups in total. The zero-order chi connectivity index (χ0) is 18.8. The molecule has 0 bridgehead atoms. The van der Waals surface area contributed by atoms with Gasteiger partial charge in [0.2, 0.25) is 0 Å². The predicted molar refractivity (Wildman–Crippen MR) is 101 cm³/mol. The lowest BCUT2D eigenvalue weighted by atomic mass is 10.1. The molecular weight excluding hydrogens is 439 g/mol. The van der Waals surface area contributed by atoms with E-state index in [1.807, 2.05) is 22.6 Å². The maximum absolute atomic E-state index is 12.8. The van der Waals surface area contributed by atoms with Crippen molar-refractivity contribution in [3.05, 3.63) is 29.3 Å². The van der Waals surface area contributed by atoms with Gasteiger partial charge in [0.15, 0.2) is 4.05 Å². The lowest BCUT2D eigenvalue weighted by Crippen LogP contribution is -2.38. The van der Waals surface area contributed by atoms with Crippen molar-refractivity contribution in [3.8, 4) is 0 Å². The minimum Gasteiger partial charge on any atom is -0.464 e. The highest BCUT2D eigenvalue weighted by Crippen LogP contribution is 2.32. The number of hydrogen-bond donors (Lipinski definition) is 1. The maximum Gasteiger partial charge on any atom is 0.412 e. The van der Waals surface area contributed by atoms with E-state index in [0.717, 1.165) is 5.56 Å². The van der Waals surface area contributed by atoms with Crippen molar-refractivity contribution in [2.45, 2.75) is 43.9 Å². The Bertz CT molecular complexity index is 699. The number of esters is 1. The van der Waals surface area contributed by atoms with E-state index in [2.05, 4.69) is 5.32 Å². The van der Waals surface area contributed by atoms with Crippen LogP contribution < -0.4 is 5.32 Å². The van der Waals surface area contributed by atoms with Gasteiger partial charge in [-0.25, -0.2) is 9.59 Å². The second-order valence-electron chi connectivity index (χ2n) is 6.49. The molecule has 0 saturated heterocycles. The third-order valence-corrected chi connectivity index (χ3v) is 4.54. The normalized spacial score (nSPS) is 14.8. The summed E-state index contributed by atoms with van der Waals surface area (Å²) in [4.78, 5) is 38.1. The number of anilines is 1. The molecule has 7 nitrogen and oxygen atoms in total. The van der Waals surface area contributed by atoms with Gasteiger partial charge in [-0.1, -0.05) is 12.1 Å². The smallest absolute Gasteiger partial charge is 0.412 e. The summed E-state index contributed by atoms with van der Waals surface area (Å²) in [6.45, 7) is 7.52. The van der Waals surface area contributed by atoms with Gasteiger partial charge in [0.25, 0.3) is 5.91 Å². The summed E-state index contributed by atoms with van der Waals surface area (Å²) in [5.41, 5.74) is 0.838. The molecule has 1 unspecified atom stereocenters. The Morgan fingerprint density at radius 2 is 2.04 bits per heavy atom. The number of fused-ring (bicyclic) bond motifs is 1. The summed E-state index contributed by atoms with van der Waals surface area (Å²) in [6, 6.07) is 5.17. The SMILES string of the molecule is CCOC(=O)C(I)N1Cc2cccc(NC(=O)OC(C)(C)C)c2C1=O. The van der Waals surface area contributed by atoms with Crippen LogP contribution in [-0.4, -0.2) is 39.1 Å². The summed E-state index contributed by atoms with van der Waals surface area (Å²) >= 11 is 1.88. The third kappa shape index (κ3) is 4.62. The first-order valence-electron chi connectivity index (χ1n) is 7.87. The van der Waals surface area contributed by atoms with Gasteiger partial charge in [-0.3, -0.25) is 10.1 Å². The number of alkyl halides is 1. The van der Waals surface area contributed by atoms with Crippen molar-refractivity contribution in [2.24, 2.45) is 0 Å². The number of carbonyl (C=O) groups excluding carboxylic acids is 3. The van der Waals surface area contributed by atoms with Crippen molar-refractivity contribution in [1.82, 2.24) is 4.90 Å². The number of hydrogen-bond acceptors (Lipinski definition) is 5. The number of ether oxygens (including phenoxy) is 2. The Labute approximate surface area is 160 Å². The van der Waals surface area contributed by atoms with Crippen molar-refractivity contribution in [2.75, 3.05) is 11.9 Å². The highest BCUT2D eigenvalue weighted by molar-refractivity contribution is 14.1. The molecule has 1 aliphatic rings. The monoisotopic (exact) mass is 460 g/mol. The molecule has 1 aromatic rings. The average molecular weight is 460 g/mol. The van der Waals surface area contributed by atoms with Gasteiger partial charge in [-0.15, -0.1) is 0 Å². The first kappa shape index (κ1) is 19.5. The number of carbonyl (C=O) groups is 3. The number of rotatable bonds is 4. The zero-order valence-corrected chi connectivity index (χ0v) is 16.7. The van der Waals surface area contributed by atoms with Gasteiger partial charge in [0.1, 0.15) is 5.60 Å². The van der Waals surface area contributed by atoms with Crippen LogP contribution in [0.4, 0.5) is 10.5 Å². The Morgan fingerprint density at radius 3 is 2.64 bits per heavy atom. The second kappa shape index (κ2) is 7.59. The average Bonchev–Trinajstić information content (AvgIpc) is 2.83. The summed E-state index contributed by atoms with van der Waals surface area (Å²) in [5, 5.41) is 2.62. The number of amides is 2. The van der Waals surface area contributed by atoms with E-state index >= 15 is 0 Å². The van der Waals surface area contributed by atoms with Crippen molar-refractivity contribution in [1.29, 1.82) is 0 Å². The van der Waals surface area contributed by atoms with Gasteiger partial charge in [0.05, 0.1) is 17.9 Å². The van der Waals surface area contributed by atoms with Crippen LogP contribution in [0.3, 0.4) is 0 Å². The van der Waals surface area contributed by atoms with Crippen LogP contribution in [0, 0.1) is 0 Å². The molecule has 2 rings (SSSR count). The Hall–Kier alpha value is -1.84. The van der Waals surface area contributed by atoms with E-state index < -0.39 is 21.7 Å². The summed E-state index contributed by atoms with van der Waals surface area (Å²) < 4.78 is 9.48. The quantitative estimate of drug-likeness (QED) is 0.323. The van der Waals surface area contributed by atoms with E-state index in [1.165, 1.54) is 4.90 Å². The van der Waals surface area contributed by atoms with Crippen LogP contribution in [0.1, 0.15) is 43.6 Å². The van der Waals surface area contributed by atoms with Crippen molar-refractivity contribution < 1.29 is 23.9 Å². The fourth-order valence-electron chi connectivity index (χ4n) is 2.42. The van der Waals surface area contributed by atoms with Crippen LogP contribution in [-0.2, 0) is 20.8 Å². The Kier molecular flexibility index (Phi) is 5.91. The van der Waals surface area contributed by atoms with Crippen LogP contribution in [0.15, 0.2) is 18.2 Å². The van der Waals surface area contributed by atoms with Gasteiger partial charge in [-0.2, -0.15) is 0 Å². The highest BCUT2D eigenvalue weighted by atomic mass is 127. The van der Waals surface area contributed by atoms with Crippen LogP contribution in [0.2, 0.25) is 0 Å². The molecule has 1 aliphatic heterocycles. The topological polar surface area (TPSA) is 84.9 Å². The summed E-state index contributed by atoms with van der Waals surface area (Å²) in [6.07, 6.45) is -0.636. The van der Waals surface area contributed by atoms with Gasteiger partial charge >= 0.3 is 12.1 Å². The molecule has 1 aromatic carbocycles. The molecule has 0 spiro atoms. The van der Waals surface area contributed by atoms with Crippen LogP contribution in [0.5, 0.6) is 0 Å². The molecule has 0 radical (unpaired) electrons. The van der Waals surface area contributed by atoms with Gasteiger partial charge < -0.3 is 14.4 Å². The molecule has 0 aliphatic carbocycles.